The van der Waals surface area contributed by atoms with Crippen molar-refractivity contribution < 1.29 is 0 Å². The highest BCUT2D eigenvalue weighted by atomic mass is 15.4. The van der Waals surface area contributed by atoms with Crippen LogP contribution in [-0.2, 0) is 0 Å². The first-order valence-electron chi connectivity index (χ1n) is 3.42. The van der Waals surface area contributed by atoms with Crippen molar-refractivity contribution in [1.82, 2.24) is 9.91 Å². The molecular weight excluding hydrogens is 128 g/mol. The van der Waals surface area contributed by atoms with Crippen molar-refractivity contribution in [3.63, 3.8) is 0 Å². The van der Waals surface area contributed by atoms with Crippen LogP contribution in [-0.4, -0.2) is 42.6 Å². The van der Waals surface area contributed by atoms with Crippen molar-refractivity contribution in [3.05, 3.63) is 0 Å². The molecule has 1 aliphatic rings. The zero-order valence-corrected chi connectivity index (χ0v) is 5.95. The van der Waals surface area contributed by atoms with Crippen LogP contribution in [0.5, 0.6) is 0 Å². The minimum Gasteiger partial charge on any atom is -0.288 e. The Morgan fingerprint density at radius 1 is 1.30 bits per heavy atom. The lowest BCUT2D eigenvalue weighted by molar-refractivity contribution is 0.145. The highest BCUT2D eigenvalue weighted by Gasteiger charge is 2.12. The molecule has 0 aliphatic carbocycles. The molecule has 1 fully saturated rings. The van der Waals surface area contributed by atoms with Crippen molar-refractivity contribution in [2.24, 2.45) is 5.84 Å². The molecule has 0 saturated carbocycles. The van der Waals surface area contributed by atoms with Gasteiger partial charge in [-0.2, -0.15) is 5.26 Å². The Morgan fingerprint density at radius 3 is 2.40 bits per heavy atom. The fourth-order valence-electron chi connectivity index (χ4n) is 1.02. The molecule has 0 aromatic heterocycles. The molecule has 56 valence electrons. The summed E-state index contributed by atoms with van der Waals surface area (Å²) >= 11 is 0. The van der Waals surface area contributed by atoms with Crippen LogP contribution in [0.4, 0.5) is 0 Å². The molecule has 1 aliphatic heterocycles. The number of nitriles is 1. The molecule has 0 atom stereocenters. The molecule has 0 bridgehead atoms. The van der Waals surface area contributed by atoms with Gasteiger partial charge in [-0.3, -0.25) is 10.7 Å². The van der Waals surface area contributed by atoms with Crippen LogP contribution in [0.3, 0.4) is 0 Å². The molecule has 4 heteroatoms. The molecule has 2 N–H and O–H groups in total. The van der Waals surface area contributed by atoms with E-state index in [0.29, 0.717) is 6.54 Å². The van der Waals surface area contributed by atoms with Crippen molar-refractivity contribution in [1.29, 1.82) is 5.26 Å². The molecule has 10 heavy (non-hydrogen) atoms. The maximum Gasteiger partial charge on any atom is 0.0866 e. The quantitative estimate of drug-likeness (QED) is 0.375. The summed E-state index contributed by atoms with van der Waals surface area (Å²) in [5.41, 5.74) is 0. The van der Waals surface area contributed by atoms with Crippen LogP contribution in [0.15, 0.2) is 0 Å². The van der Waals surface area contributed by atoms with E-state index in [1.165, 1.54) is 0 Å². The van der Waals surface area contributed by atoms with Crippen LogP contribution in [0, 0.1) is 11.3 Å². The maximum atomic E-state index is 8.35. The molecular formula is C6H12N4. The Bertz CT molecular complexity index is 131. The first-order chi connectivity index (χ1) is 4.83. The van der Waals surface area contributed by atoms with Gasteiger partial charge in [-0.25, -0.2) is 5.01 Å². The second-order valence-corrected chi connectivity index (χ2v) is 2.47. The zero-order chi connectivity index (χ0) is 7.40. The molecule has 0 unspecified atom stereocenters. The van der Waals surface area contributed by atoms with Crippen LogP contribution in [0.2, 0.25) is 0 Å². The molecule has 0 aromatic rings. The molecule has 0 amide bonds. The van der Waals surface area contributed by atoms with Crippen molar-refractivity contribution in [3.8, 4) is 6.07 Å². The first kappa shape index (κ1) is 7.48. The van der Waals surface area contributed by atoms with E-state index in [1.54, 1.807) is 5.01 Å². The van der Waals surface area contributed by atoms with Crippen molar-refractivity contribution >= 4 is 0 Å². The highest BCUT2D eigenvalue weighted by Crippen LogP contribution is 1.94. The Labute approximate surface area is 60.8 Å². The number of hydrogen-bond donors (Lipinski definition) is 1. The predicted octanol–water partition coefficient (Wildman–Crippen LogP) is -0.999. The minimum atomic E-state index is 0.536. The van der Waals surface area contributed by atoms with Gasteiger partial charge in [0.2, 0.25) is 0 Å². The van der Waals surface area contributed by atoms with Crippen LogP contribution < -0.4 is 5.84 Å². The minimum absolute atomic E-state index is 0.536. The Hall–Kier alpha value is -0.630. The second-order valence-electron chi connectivity index (χ2n) is 2.47. The average Bonchev–Trinajstić information content (AvgIpc) is 1.95. The van der Waals surface area contributed by atoms with E-state index in [2.05, 4.69) is 11.0 Å². The molecule has 1 rings (SSSR count). The largest absolute Gasteiger partial charge is 0.288 e. The summed E-state index contributed by atoms with van der Waals surface area (Å²) in [6, 6.07) is 2.12. The Morgan fingerprint density at radius 2 is 1.90 bits per heavy atom. The number of nitrogens with two attached hydrogens (primary N) is 1. The summed E-state index contributed by atoms with van der Waals surface area (Å²) in [4.78, 5) is 2.10. The van der Waals surface area contributed by atoms with Gasteiger partial charge in [0.25, 0.3) is 0 Å². The Balaban J connectivity index is 2.21. The lowest BCUT2D eigenvalue weighted by Crippen LogP contribution is -2.49. The molecule has 1 saturated heterocycles. The average molecular weight is 140 g/mol. The molecule has 1 heterocycles. The van der Waals surface area contributed by atoms with E-state index in [9.17, 15) is 0 Å². The normalized spacial score (nSPS) is 22.4. The Kier molecular flexibility index (Phi) is 2.63. The van der Waals surface area contributed by atoms with E-state index in [-0.39, 0.29) is 0 Å². The van der Waals surface area contributed by atoms with Gasteiger partial charge in [0.05, 0.1) is 12.6 Å². The summed E-state index contributed by atoms with van der Waals surface area (Å²) in [6.45, 7) is 4.13. The predicted molar refractivity (Wildman–Crippen MR) is 37.8 cm³/mol. The van der Waals surface area contributed by atoms with Gasteiger partial charge in [-0.15, -0.1) is 0 Å². The molecule has 0 aromatic carbocycles. The maximum absolute atomic E-state index is 8.35. The number of hydrogen-bond acceptors (Lipinski definition) is 4. The van der Waals surface area contributed by atoms with Crippen molar-refractivity contribution in [2.45, 2.75) is 0 Å². The monoisotopic (exact) mass is 140 g/mol. The van der Waals surface area contributed by atoms with Crippen LogP contribution in [0.1, 0.15) is 0 Å². The molecule has 0 spiro atoms. The van der Waals surface area contributed by atoms with Gasteiger partial charge in [0.1, 0.15) is 0 Å². The van der Waals surface area contributed by atoms with Gasteiger partial charge in [-0.05, 0) is 0 Å². The van der Waals surface area contributed by atoms with E-state index >= 15 is 0 Å². The van der Waals surface area contributed by atoms with Gasteiger partial charge in [-0.1, -0.05) is 0 Å². The van der Waals surface area contributed by atoms with Gasteiger partial charge in [0, 0.05) is 26.2 Å². The molecule has 0 radical (unpaired) electrons. The van der Waals surface area contributed by atoms with Gasteiger partial charge >= 0.3 is 0 Å². The lowest BCUT2D eigenvalue weighted by atomic mass is 10.3. The second kappa shape index (κ2) is 3.52. The van der Waals surface area contributed by atoms with Crippen LogP contribution in [0.25, 0.3) is 0 Å². The number of nitrogens with zero attached hydrogens (tertiary/aromatic N) is 3. The van der Waals surface area contributed by atoms with Crippen molar-refractivity contribution in [2.75, 3.05) is 32.7 Å². The topological polar surface area (TPSA) is 56.3 Å². The standard InChI is InChI=1S/C6H12N4/c7-1-2-9-3-5-10(8)6-4-9/h2-6,8H2. The fraction of sp³-hybridized carbons (Fsp3) is 0.833. The highest BCUT2D eigenvalue weighted by molar-refractivity contribution is 4.79. The third-order valence-corrected chi connectivity index (χ3v) is 1.70. The smallest absolute Gasteiger partial charge is 0.0866 e. The summed E-state index contributed by atoms with van der Waals surface area (Å²) in [5, 5.41) is 10.1. The summed E-state index contributed by atoms with van der Waals surface area (Å²) < 4.78 is 0. The van der Waals surface area contributed by atoms with E-state index in [4.69, 9.17) is 11.1 Å². The number of piperazine rings is 1. The van der Waals surface area contributed by atoms with Crippen LogP contribution >= 0.6 is 0 Å². The molecule has 4 nitrogen and oxygen atoms in total. The van der Waals surface area contributed by atoms with E-state index < -0.39 is 0 Å². The zero-order valence-electron chi connectivity index (χ0n) is 5.95. The SMILES string of the molecule is N#CCN1CCN(N)CC1. The van der Waals surface area contributed by atoms with E-state index in [1.807, 2.05) is 0 Å². The first-order valence-corrected chi connectivity index (χ1v) is 3.42. The third kappa shape index (κ3) is 1.95. The number of hydrazine groups is 1. The number of rotatable bonds is 1. The lowest BCUT2D eigenvalue weighted by Gasteiger charge is -2.29. The van der Waals surface area contributed by atoms with Gasteiger partial charge < -0.3 is 0 Å². The third-order valence-electron chi connectivity index (χ3n) is 1.70. The summed E-state index contributed by atoms with van der Waals surface area (Å²) in [5.74, 6) is 5.52. The van der Waals surface area contributed by atoms with E-state index in [0.717, 1.165) is 26.2 Å². The fourth-order valence-corrected chi connectivity index (χ4v) is 1.02. The summed E-state index contributed by atoms with van der Waals surface area (Å²) in [7, 11) is 0. The van der Waals surface area contributed by atoms with Gasteiger partial charge in [0.15, 0.2) is 0 Å². The summed E-state index contributed by atoms with van der Waals surface area (Å²) in [6.07, 6.45) is 0.